The second-order valence-corrected chi connectivity index (χ2v) is 8.68. The fourth-order valence-electron chi connectivity index (χ4n) is 3.96. The number of benzene rings is 1. The van der Waals surface area contributed by atoms with Gasteiger partial charge in [-0.25, -0.2) is 0 Å². The van der Waals surface area contributed by atoms with Crippen molar-refractivity contribution < 1.29 is 9.47 Å². The third-order valence-electron chi connectivity index (χ3n) is 5.96. The first-order valence-electron chi connectivity index (χ1n) is 10.3. The Morgan fingerprint density at radius 3 is 2.59 bits per heavy atom. The Morgan fingerprint density at radius 2 is 1.97 bits per heavy atom. The van der Waals surface area contributed by atoms with Gasteiger partial charge in [-0.05, 0) is 30.5 Å². The molecule has 2 fully saturated rings. The van der Waals surface area contributed by atoms with Crippen LogP contribution in [0.2, 0.25) is 10.0 Å². The smallest absolute Gasteiger partial charge is 0.191 e. The summed E-state index contributed by atoms with van der Waals surface area (Å²) in [7, 11) is 3.60. The molecule has 0 bridgehead atoms. The van der Waals surface area contributed by atoms with Crippen LogP contribution in [0.1, 0.15) is 31.2 Å². The molecule has 2 heterocycles. The Hall–Kier alpha value is -1.05. The third-order valence-corrected chi connectivity index (χ3v) is 6.70. The van der Waals surface area contributed by atoms with Gasteiger partial charge >= 0.3 is 0 Å². The predicted octanol–water partition coefficient (Wildman–Crippen LogP) is 3.32. The highest BCUT2D eigenvalue weighted by Crippen LogP contribution is 2.25. The van der Waals surface area contributed by atoms with E-state index < -0.39 is 0 Å². The quantitative estimate of drug-likeness (QED) is 0.522. The molecule has 0 aromatic heterocycles. The molecule has 0 unspecified atom stereocenters. The average Bonchev–Trinajstić information content (AvgIpc) is 2.75. The van der Waals surface area contributed by atoms with Gasteiger partial charge in [-0.1, -0.05) is 29.3 Å². The molecule has 0 aliphatic carbocycles. The minimum Gasteiger partial charge on any atom is -0.381 e. The Bertz CT molecular complexity index is 687. The summed E-state index contributed by atoms with van der Waals surface area (Å²) in [6.07, 6.45) is 3.96. The molecule has 29 heavy (non-hydrogen) atoms. The predicted molar refractivity (Wildman–Crippen MR) is 119 cm³/mol. The number of aliphatic imine (C=N–C) groups is 1. The zero-order chi connectivity index (χ0) is 20.7. The normalized spacial score (nSPS) is 21.2. The van der Waals surface area contributed by atoms with Gasteiger partial charge in [0.05, 0.1) is 15.6 Å². The minimum atomic E-state index is -0.168. The lowest BCUT2D eigenvalue weighted by molar-refractivity contribution is -0.0855. The second-order valence-electron chi connectivity index (χ2n) is 7.87. The number of ether oxygens (including phenoxy) is 2. The summed E-state index contributed by atoms with van der Waals surface area (Å²) in [4.78, 5) is 6.86. The number of methoxy groups -OCH3 is 1. The highest BCUT2D eigenvalue weighted by molar-refractivity contribution is 6.42. The number of piperidine rings is 1. The number of rotatable bonds is 6. The van der Waals surface area contributed by atoms with Crippen LogP contribution in [-0.4, -0.2) is 69.5 Å². The summed E-state index contributed by atoms with van der Waals surface area (Å²) in [5, 5.41) is 8.26. The summed E-state index contributed by atoms with van der Waals surface area (Å²) in [6, 6.07) is 6.29. The van der Waals surface area contributed by atoms with Crippen molar-refractivity contribution in [2.45, 2.75) is 43.9 Å². The molecule has 0 atom stereocenters. The van der Waals surface area contributed by atoms with Crippen molar-refractivity contribution in [3.05, 3.63) is 33.8 Å². The maximum Gasteiger partial charge on any atom is 0.191 e. The first kappa shape index (κ1) is 22.6. The molecule has 2 saturated heterocycles. The zero-order valence-corrected chi connectivity index (χ0v) is 18.9. The van der Waals surface area contributed by atoms with E-state index in [2.05, 4.69) is 20.5 Å². The highest BCUT2D eigenvalue weighted by atomic mass is 35.5. The van der Waals surface area contributed by atoms with Crippen molar-refractivity contribution in [1.29, 1.82) is 0 Å². The van der Waals surface area contributed by atoms with E-state index in [1.807, 2.05) is 25.2 Å². The Morgan fingerprint density at radius 1 is 1.24 bits per heavy atom. The summed E-state index contributed by atoms with van der Waals surface area (Å²) >= 11 is 12.2. The molecule has 0 radical (unpaired) electrons. The third kappa shape index (κ3) is 6.46. The van der Waals surface area contributed by atoms with Crippen molar-refractivity contribution >= 4 is 29.2 Å². The first-order valence-corrected chi connectivity index (χ1v) is 11.1. The number of nitrogens with one attached hydrogen (secondary N) is 2. The summed E-state index contributed by atoms with van der Waals surface area (Å²) in [6.45, 7) is 5.21. The van der Waals surface area contributed by atoms with E-state index in [4.69, 9.17) is 32.7 Å². The lowest BCUT2D eigenvalue weighted by atomic mass is 9.94. The molecular weight excluding hydrogens is 411 g/mol. The van der Waals surface area contributed by atoms with Crippen molar-refractivity contribution in [2.24, 2.45) is 4.99 Å². The van der Waals surface area contributed by atoms with Crippen LogP contribution in [0.5, 0.6) is 0 Å². The number of hydrogen-bond donors (Lipinski definition) is 2. The zero-order valence-electron chi connectivity index (χ0n) is 17.3. The van der Waals surface area contributed by atoms with Gasteiger partial charge in [-0.3, -0.25) is 9.89 Å². The van der Waals surface area contributed by atoms with Crippen molar-refractivity contribution in [3.63, 3.8) is 0 Å². The first-order chi connectivity index (χ1) is 14.0. The molecular formula is C21H32Cl2N4O2. The van der Waals surface area contributed by atoms with Crippen LogP contribution in [0.4, 0.5) is 0 Å². The Labute approximate surface area is 183 Å². The van der Waals surface area contributed by atoms with Gasteiger partial charge in [-0.15, -0.1) is 0 Å². The molecule has 6 nitrogen and oxygen atoms in total. The largest absolute Gasteiger partial charge is 0.381 e. The summed E-state index contributed by atoms with van der Waals surface area (Å²) in [5.41, 5.74) is 1.03. The Kier molecular flexibility index (Phi) is 8.45. The van der Waals surface area contributed by atoms with Gasteiger partial charge in [0.25, 0.3) is 0 Å². The van der Waals surface area contributed by atoms with Gasteiger partial charge < -0.3 is 20.1 Å². The van der Waals surface area contributed by atoms with E-state index in [-0.39, 0.29) is 5.60 Å². The van der Waals surface area contributed by atoms with E-state index in [1.54, 1.807) is 7.11 Å². The van der Waals surface area contributed by atoms with Crippen molar-refractivity contribution in [3.8, 4) is 0 Å². The lowest BCUT2D eigenvalue weighted by Crippen LogP contribution is -2.53. The van der Waals surface area contributed by atoms with Crippen LogP contribution in [0.15, 0.2) is 23.2 Å². The van der Waals surface area contributed by atoms with Gasteiger partial charge in [0.2, 0.25) is 0 Å². The van der Waals surface area contributed by atoms with E-state index >= 15 is 0 Å². The molecule has 0 spiro atoms. The molecule has 0 amide bonds. The number of likely N-dealkylation sites (tertiary alicyclic amines) is 1. The standard InChI is InChI=1S/C21H32Cl2N4O2/c1-24-20(25-15-21(28-2)7-11-29-12-8-21)26-17-5-9-27(10-6-17)14-16-3-4-18(22)19(23)13-16/h3-4,13,17H,5-12,14-15H2,1-2H3,(H2,24,25,26). The Balaban J connectivity index is 1.43. The second kappa shape index (κ2) is 10.8. The van der Waals surface area contributed by atoms with Gasteiger partial charge in [0, 0.05) is 72.4 Å². The minimum absolute atomic E-state index is 0.168. The van der Waals surface area contributed by atoms with E-state index in [9.17, 15) is 0 Å². The maximum absolute atomic E-state index is 6.14. The molecule has 162 valence electrons. The SMILES string of the molecule is CN=C(NCC1(OC)CCOCC1)NC1CCN(Cc2ccc(Cl)c(Cl)c2)CC1. The van der Waals surface area contributed by atoms with Gasteiger partial charge in [0.1, 0.15) is 0 Å². The van der Waals surface area contributed by atoms with Crippen LogP contribution in [0.3, 0.4) is 0 Å². The van der Waals surface area contributed by atoms with E-state index in [0.29, 0.717) is 16.1 Å². The van der Waals surface area contributed by atoms with Crippen molar-refractivity contribution in [1.82, 2.24) is 15.5 Å². The van der Waals surface area contributed by atoms with E-state index in [1.165, 1.54) is 5.56 Å². The monoisotopic (exact) mass is 442 g/mol. The molecule has 1 aromatic rings. The number of nitrogens with zero attached hydrogens (tertiary/aromatic N) is 2. The molecule has 2 aliphatic heterocycles. The van der Waals surface area contributed by atoms with E-state index in [0.717, 1.165) is 71.0 Å². The fourth-order valence-corrected chi connectivity index (χ4v) is 4.28. The molecule has 2 aliphatic rings. The summed E-state index contributed by atoms with van der Waals surface area (Å²) in [5.74, 6) is 0.843. The van der Waals surface area contributed by atoms with Crippen LogP contribution < -0.4 is 10.6 Å². The van der Waals surface area contributed by atoms with Crippen molar-refractivity contribution in [2.75, 3.05) is 47.0 Å². The highest BCUT2D eigenvalue weighted by Gasteiger charge is 2.32. The fraction of sp³-hybridized carbons (Fsp3) is 0.667. The van der Waals surface area contributed by atoms with Crippen LogP contribution >= 0.6 is 23.2 Å². The average molecular weight is 443 g/mol. The van der Waals surface area contributed by atoms with Gasteiger partial charge in [0.15, 0.2) is 5.96 Å². The molecule has 3 rings (SSSR count). The lowest BCUT2D eigenvalue weighted by Gasteiger charge is -2.37. The topological polar surface area (TPSA) is 58.1 Å². The maximum atomic E-state index is 6.14. The molecule has 1 aromatic carbocycles. The van der Waals surface area contributed by atoms with Gasteiger partial charge in [-0.2, -0.15) is 0 Å². The number of guanidine groups is 1. The summed E-state index contributed by atoms with van der Waals surface area (Å²) < 4.78 is 11.3. The molecule has 8 heteroatoms. The van der Waals surface area contributed by atoms with Crippen LogP contribution in [0.25, 0.3) is 0 Å². The molecule has 2 N–H and O–H groups in total. The van der Waals surface area contributed by atoms with Crippen LogP contribution in [0, 0.1) is 0 Å². The number of hydrogen-bond acceptors (Lipinski definition) is 4. The number of halogens is 2. The van der Waals surface area contributed by atoms with Crippen LogP contribution in [-0.2, 0) is 16.0 Å². The molecule has 0 saturated carbocycles.